The number of nitrogens with zero attached hydrogens (tertiary/aromatic N) is 3. The van der Waals surface area contributed by atoms with E-state index in [0.29, 0.717) is 0 Å². The Morgan fingerprint density at radius 2 is 2.12 bits per heavy atom. The number of carbonyl (C=O) groups excluding carboxylic acids is 2. The molecule has 1 rings (SSSR count). The Bertz CT molecular complexity index is 438. The molecule has 3 N–H and O–H groups in total. The van der Waals surface area contributed by atoms with Crippen molar-refractivity contribution in [2.75, 3.05) is 13.1 Å². The van der Waals surface area contributed by atoms with Crippen LogP contribution in [0.3, 0.4) is 0 Å². The van der Waals surface area contributed by atoms with E-state index >= 15 is 0 Å². The highest BCUT2D eigenvalue weighted by Gasteiger charge is 2.21. The van der Waals surface area contributed by atoms with Gasteiger partial charge in [-0.3, -0.25) is 19.1 Å². The van der Waals surface area contributed by atoms with Gasteiger partial charge in [-0.1, -0.05) is 0 Å². The number of hydrogen-bond acceptors (Lipinski definition) is 4. The van der Waals surface area contributed by atoms with Crippen molar-refractivity contribution in [2.24, 2.45) is 12.8 Å². The number of primary amides is 1. The Kier molecular flexibility index (Phi) is 3.81. The van der Waals surface area contributed by atoms with Crippen molar-refractivity contribution in [1.82, 2.24) is 14.7 Å². The highest BCUT2D eigenvalue weighted by atomic mass is 16.4. The number of rotatable bonds is 5. The summed E-state index contributed by atoms with van der Waals surface area (Å²) in [6.45, 7) is -1.03. The largest absolute Gasteiger partial charge is 0.480 e. The van der Waals surface area contributed by atoms with Crippen molar-refractivity contribution in [1.29, 1.82) is 0 Å². The predicted molar refractivity (Wildman–Crippen MR) is 55.9 cm³/mol. The van der Waals surface area contributed by atoms with E-state index in [9.17, 15) is 14.4 Å². The first kappa shape index (κ1) is 12.7. The van der Waals surface area contributed by atoms with Crippen LogP contribution in [0.5, 0.6) is 0 Å². The first-order chi connectivity index (χ1) is 7.90. The molecule has 8 heteroatoms. The van der Waals surface area contributed by atoms with Gasteiger partial charge in [0, 0.05) is 13.2 Å². The van der Waals surface area contributed by atoms with Crippen LogP contribution >= 0.6 is 0 Å². The second-order valence-corrected chi connectivity index (χ2v) is 3.42. The van der Waals surface area contributed by atoms with Gasteiger partial charge in [0.05, 0.1) is 11.8 Å². The Morgan fingerprint density at radius 1 is 1.47 bits per heavy atom. The third kappa shape index (κ3) is 3.59. The van der Waals surface area contributed by atoms with Gasteiger partial charge in [0.2, 0.25) is 5.91 Å². The van der Waals surface area contributed by atoms with Crippen LogP contribution in [-0.4, -0.2) is 50.7 Å². The van der Waals surface area contributed by atoms with E-state index in [-0.39, 0.29) is 5.56 Å². The van der Waals surface area contributed by atoms with E-state index in [1.807, 2.05) is 0 Å². The summed E-state index contributed by atoms with van der Waals surface area (Å²) in [6.07, 6.45) is 2.72. The fraction of sp³-hybridized carbons (Fsp3) is 0.333. The average molecular weight is 240 g/mol. The summed E-state index contributed by atoms with van der Waals surface area (Å²) in [4.78, 5) is 34.0. The van der Waals surface area contributed by atoms with Gasteiger partial charge in [-0.2, -0.15) is 5.10 Å². The van der Waals surface area contributed by atoms with Crippen molar-refractivity contribution in [2.45, 2.75) is 0 Å². The minimum atomic E-state index is -1.22. The molecule has 0 fully saturated rings. The Hall–Kier alpha value is -2.38. The zero-order valence-electron chi connectivity index (χ0n) is 9.16. The standard InChI is InChI=1S/C9H12N4O4/c1-12-3-6(2-11-12)9(17)13(4-7(10)14)5-8(15)16/h2-3H,4-5H2,1H3,(H2,10,14)(H,15,16). The molecule has 0 radical (unpaired) electrons. The van der Waals surface area contributed by atoms with Gasteiger partial charge in [0.1, 0.15) is 13.1 Å². The third-order valence-electron chi connectivity index (χ3n) is 1.91. The number of aryl methyl sites for hydroxylation is 1. The zero-order valence-corrected chi connectivity index (χ0v) is 9.16. The number of aliphatic carboxylic acids is 1. The van der Waals surface area contributed by atoms with Gasteiger partial charge in [-0.05, 0) is 0 Å². The molecule has 0 aliphatic heterocycles. The monoisotopic (exact) mass is 240 g/mol. The van der Waals surface area contributed by atoms with Crippen molar-refractivity contribution in [3.8, 4) is 0 Å². The van der Waals surface area contributed by atoms with Gasteiger partial charge < -0.3 is 15.7 Å². The van der Waals surface area contributed by atoms with Crippen LogP contribution in [0.25, 0.3) is 0 Å². The smallest absolute Gasteiger partial charge is 0.323 e. The molecule has 0 saturated heterocycles. The first-order valence-electron chi connectivity index (χ1n) is 4.68. The van der Waals surface area contributed by atoms with Gasteiger partial charge in [0.25, 0.3) is 5.91 Å². The molecule has 0 bridgehead atoms. The summed E-state index contributed by atoms with van der Waals surface area (Å²) in [7, 11) is 1.62. The quantitative estimate of drug-likeness (QED) is 0.644. The molecule has 0 aromatic carbocycles. The van der Waals surface area contributed by atoms with Crippen molar-refractivity contribution < 1.29 is 19.5 Å². The van der Waals surface area contributed by atoms with E-state index in [1.165, 1.54) is 17.1 Å². The zero-order chi connectivity index (χ0) is 13.0. The van der Waals surface area contributed by atoms with Crippen LogP contribution in [-0.2, 0) is 16.6 Å². The lowest BCUT2D eigenvalue weighted by Crippen LogP contribution is -2.41. The third-order valence-corrected chi connectivity index (χ3v) is 1.91. The average Bonchev–Trinajstić information content (AvgIpc) is 2.61. The molecule has 8 nitrogen and oxygen atoms in total. The molecule has 0 spiro atoms. The lowest BCUT2D eigenvalue weighted by molar-refractivity contribution is -0.138. The number of carboxylic acid groups (broad SMARTS) is 1. The number of aromatic nitrogens is 2. The molecule has 0 atom stereocenters. The predicted octanol–water partition coefficient (Wildman–Crippen LogP) is -1.57. The van der Waals surface area contributed by atoms with Gasteiger partial charge in [0.15, 0.2) is 0 Å². The van der Waals surface area contributed by atoms with Crippen molar-refractivity contribution in [3.05, 3.63) is 18.0 Å². The highest BCUT2D eigenvalue weighted by Crippen LogP contribution is 2.03. The minimum absolute atomic E-state index is 0.204. The summed E-state index contributed by atoms with van der Waals surface area (Å²) in [5, 5.41) is 12.4. The normalized spacial score (nSPS) is 9.94. The Balaban J connectivity index is 2.85. The highest BCUT2D eigenvalue weighted by molar-refractivity contribution is 5.97. The van der Waals surface area contributed by atoms with Gasteiger partial charge in [-0.15, -0.1) is 0 Å². The van der Waals surface area contributed by atoms with E-state index in [2.05, 4.69) is 5.10 Å². The van der Waals surface area contributed by atoms with Crippen LogP contribution in [0.1, 0.15) is 10.4 Å². The second kappa shape index (κ2) is 5.10. The van der Waals surface area contributed by atoms with E-state index in [0.717, 1.165) is 4.90 Å². The SMILES string of the molecule is Cn1cc(C(=O)N(CC(N)=O)CC(=O)O)cn1. The van der Waals surface area contributed by atoms with Gasteiger partial charge in [-0.25, -0.2) is 0 Å². The summed E-state index contributed by atoms with van der Waals surface area (Å²) in [5.74, 6) is -2.59. The maximum absolute atomic E-state index is 11.8. The first-order valence-corrected chi connectivity index (χ1v) is 4.68. The number of amides is 2. The molecule has 2 amide bonds. The fourth-order valence-corrected chi connectivity index (χ4v) is 1.27. The molecular weight excluding hydrogens is 228 g/mol. The molecule has 17 heavy (non-hydrogen) atoms. The summed E-state index contributed by atoms with van der Waals surface area (Å²) < 4.78 is 1.40. The maximum Gasteiger partial charge on any atom is 0.323 e. The van der Waals surface area contributed by atoms with Crippen LogP contribution < -0.4 is 5.73 Å². The second-order valence-electron chi connectivity index (χ2n) is 3.42. The molecule has 92 valence electrons. The number of nitrogens with two attached hydrogens (primary N) is 1. The molecule has 0 aliphatic rings. The molecule has 0 unspecified atom stereocenters. The summed E-state index contributed by atoms with van der Waals surface area (Å²) >= 11 is 0. The van der Waals surface area contributed by atoms with Crippen LogP contribution in [0, 0.1) is 0 Å². The van der Waals surface area contributed by atoms with Crippen LogP contribution in [0.4, 0.5) is 0 Å². The van der Waals surface area contributed by atoms with Crippen molar-refractivity contribution in [3.63, 3.8) is 0 Å². The van der Waals surface area contributed by atoms with E-state index in [1.54, 1.807) is 7.05 Å². The Labute approximate surface area is 96.6 Å². The number of carboxylic acids is 1. The lowest BCUT2D eigenvalue weighted by Gasteiger charge is -2.17. The van der Waals surface area contributed by atoms with Crippen LogP contribution in [0.2, 0.25) is 0 Å². The molecule has 0 saturated carbocycles. The maximum atomic E-state index is 11.8. The van der Waals surface area contributed by atoms with Gasteiger partial charge >= 0.3 is 5.97 Å². The molecule has 1 aromatic heterocycles. The van der Waals surface area contributed by atoms with E-state index in [4.69, 9.17) is 10.8 Å². The summed E-state index contributed by atoms with van der Waals surface area (Å²) in [6, 6.07) is 0. The molecule has 1 aromatic rings. The van der Waals surface area contributed by atoms with E-state index < -0.39 is 30.9 Å². The number of hydrogen-bond donors (Lipinski definition) is 2. The lowest BCUT2D eigenvalue weighted by atomic mass is 10.3. The topological polar surface area (TPSA) is 119 Å². The Morgan fingerprint density at radius 3 is 2.53 bits per heavy atom. The van der Waals surface area contributed by atoms with Crippen LogP contribution in [0.15, 0.2) is 12.4 Å². The molecule has 0 aliphatic carbocycles. The van der Waals surface area contributed by atoms with Crippen molar-refractivity contribution >= 4 is 17.8 Å². The molecule has 1 heterocycles. The molecular formula is C9H12N4O4. The summed E-state index contributed by atoms with van der Waals surface area (Å²) in [5.41, 5.74) is 5.15. The number of carbonyl (C=O) groups is 3. The minimum Gasteiger partial charge on any atom is -0.480 e. The fourth-order valence-electron chi connectivity index (χ4n) is 1.27.